The predicted octanol–water partition coefficient (Wildman–Crippen LogP) is 5.76. The van der Waals surface area contributed by atoms with Gasteiger partial charge in [-0.05, 0) is 45.0 Å². The standard InChI is InChI=1S/C18H17Cl2NO4/c1-18(2,3)25-17(24)21(14-10-6-8-12(19)15(14)20)13-9-5-4-7-11(13)16(22)23/h4-10H,1-3H3,(H,22,23). The second-order valence-electron chi connectivity index (χ2n) is 6.21. The Morgan fingerprint density at radius 3 is 2.20 bits per heavy atom. The first-order valence-electron chi connectivity index (χ1n) is 7.41. The molecule has 0 bridgehead atoms. The number of carboxylic acid groups (broad SMARTS) is 1. The Kier molecular flexibility index (Phi) is 5.60. The molecule has 0 saturated carbocycles. The topological polar surface area (TPSA) is 66.8 Å². The van der Waals surface area contributed by atoms with Gasteiger partial charge < -0.3 is 9.84 Å². The molecule has 7 heteroatoms. The van der Waals surface area contributed by atoms with E-state index in [0.717, 1.165) is 4.90 Å². The molecule has 0 aliphatic carbocycles. The molecule has 0 aliphatic rings. The van der Waals surface area contributed by atoms with Gasteiger partial charge in [-0.2, -0.15) is 0 Å². The molecule has 2 aromatic rings. The maximum absolute atomic E-state index is 12.8. The number of ether oxygens (including phenoxy) is 1. The summed E-state index contributed by atoms with van der Waals surface area (Å²) in [6.07, 6.45) is -0.759. The van der Waals surface area contributed by atoms with Gasteiger partial charge in [-0.1, -0.05) is 41.4 Å². The number of hydrogen-bond donors (Lipinski definition) is 1. The fourth-order valence-electron chi connectivity index (χ4n) is 2.15. The van der Waals surface area contributed by atoms with Crippen LogP contribution in [-0.2, 0) is 4.74 Å². The van der Waals surface area contributed by atoms with E-state index in [1.165, 1.54) is 12.1 Å². The van der Waals surface area contributed by atoms with E-state index in [1.54, 1.807) is 51.1 Å². The van der Waals surface area contributed by atoms with Gasteiger partial charge in [0.05, 0.1) is 27.0 Å². The molecule has 0 atom stereocenters. The fourth-order valence-corrected chi connectivity index (χ4v) is 2.53. The van der Waals surface area contributed by atoms with E-state index in [-0.39, 0.29) is 27.0 Å². The number of rotatable bonds is 3. The third-order valence-electron chi connectivity index (χ3n) is 3.12. The molecule has 1 amide bonds. The molecule has 2 aromatic carbocycles. The summed E-state index contributed by atoms with van der Waals surface area (Å²) in [5.74, 6) is -1.18. The number of aromatic carboxylic acids is 1. The molecule has 0 aliphatic heterocycles. The van der Waals surface area contributed by atoms with Gasteiger partial charge in [0.15, 0.2) is 0 Å². The summed E-state index contributed by atoms with van der Waals surface area (Å²) in [5.41, 5.74) is -0.478. The van der Waals surface area contributed by atoms with Crippen molar-refractivity contribution in [3.05, 3.63) is 58.1 Å². The minimum Gasteiger partial charge on any atom is -0.478 e. The fraction of sp³-hybridized carbons (Fsp3) is 0.222. The molecule has 0 saturated heterocycles. The number of benzene rings is 2. The summed E-state index contributed by atoms with van der Waals surface area (Å²) >= 11 is 12.3. The zero-order chi connectivity index (χ0) is 18.8. The average Bonchev–Trinajstić information content (AvgIpc) is 2.50. The van der Waals surface area contributed by atoms with Gasteiger partial charge in [0.1, 0.15) is 5.60 Å². The molecule has 132 valence electrons. The minimum absolute atomic E-state index is 0.0654. The lowest BCUT2D eigenvalue weighted by molar-refractivity contribution is 0.0599. The molecule has 2 rings (SSSR count). The average molecular weight is 382 g/mol. The zero-order valence-electron chi connectivity index (χ0n) is 13.9. The number of carboxylic acids is 1. The third kappa shape index (κ3) is 4.44. The lowest BCUT2D eigenvalue weighted by atomic mass is 10.1. The Morgan fingerprint density at radius 2 is 1.60 bits per heavy atom. The minimum atomic E-state index is -1.18. The molecule has 0 unspecified atom stereocenters. The number of halogens is 2. The van der Waals surface area contributed by atoms with Crippen LogP contribution >= 0.6 is 23.2 Å². The second-order valence-corrected chi connectivity index (χ2v) is 7.00. The summed E-state index contributed by atoms with van der Waals surface area (Å²) < 4.78 is 5.43. The second kappa shape index (κ2) is 7.33. The van der Waals surface area contributed by atoms with Crippen LogP contribution in [0, 0.1) is 0 Å². The Hall–Kier alpha value is -2.24. The van der Waals surface area contributed by atoms with Crippen LogP contribution in [0.5, 0.6) is 0 Å². The van der Waals surface area contributed by atoms with Crippen LogP contribution in [0.3, 0.4) is 0 Å². The van der Waals surface area contributed by atoms with Crippen LogP contribution in [-0.4, -0.2) is 22.8 Å². The van der Waals surface area contributed by atoms with Crippen molar-refractivity contribution in [3.8, 4) is 0 Å². The molecule has 0 aromatic heterocycles. The van der Waals surface area contributed by atoms with E-state index in [0.29, 0.717) is 0 Å². The Morgan fingerprint density at radius 1 is 1.00 bits per heavy atom. The molecule has 5 nitrogen and oxygen atoms in total. The first-order valence-corrected chi connectivity index (χ1v) is 8.17. The highest BCUT2D eigenvalue weighted by molar-refractivity contribution is 6.44. The van der Waals surface area contributed by atoms with Gasteiger partial charge in [0.2, 0.25) is 0 Å². The SMILES string of the molecule is CC(C)(C)OC(=O)N(c1ccccc1C(=O)O)c1cccc(Cl)c1Cl. The van der Waals surface area contributed by atoms with Gasteiger partial charge in [0, 0.05) is 0 Å². The number of amides is 1. The largest absolute Gasteiger partial charge is 0.478 e. The quantitative estimate of drug-likeness (QED) is 0.732. The van der Waals surface area contributed by atoms with Crippen molar-refractivity contribution in [3.63, 3.8) is 0 Å². The smallest absolute Gasteiger partial charge is 0.419 e. The van der Waals surface area contributed by atoms with E-state index in [1.807, 2.05) is 0 Å². The highest BCUT2D eigenvalue weighted by Crippen LogP contribution is 2.38. The van der Waals surface area contributed by atoms with Crippen molar-refractivity contribution in [2.24, 2.45) is 0 Å². The van der Waals surface area contributed by atoms with Gasteiger partial charge in [-0.3, -0.25) is 0 Å². The van der Waals surface area contributed by atoms with Crippen LogP contribution < -0.4 is 4.90 Å². The Labute approximate surface area is 155 Å². The molecule has 0 radical (unpaired) electrons. The van der Waals surface area contributed by atoms with Crippen LogP contribution in [0.15, 0.2) is 42.5 Å². The molecular formula is C18H17Cl2NO4. The van der Waals surface area contributed by atoms with Crippen molar-refractivity contribution in [2.45, 2.75) is 26.4 Å². The maximum atomic E-state index is 12.8. The van der Waals surface area contributed by atoms with Crippen molar-refractivity contribution < 1.29 is 19.4 Å². The molecule has 1 N–H and O–H groups in total. The van der Waals surface area contributed by atoms with Gasteiger partial charge in [-0.15, -0.1) is 0 Å². The number of para-hydroxylation sites is 1. The number of nitrogens with zero attached hydrogens (tertiary/aromatic N) is 1. The number of hydrogen-bond acceptors (Lipinski definition) is 3. The number of carbonyl (C=O) groups excluding carboxylic acids is 1. The normalized spacial score (nSPS) is 11.1. The number of carbonyl (C=O) groups is 2. The molecular weight excluding hydrogens is 365 g/mol. The van der Waals surface area contributed by atoms with Crippen molar-refractivity contribution in [1.29, 1.82) is 0 Å². The van der Waals surface area contributed by atoms with Gasteiger partial charge in [0.25, 0.3) is 0 Å². The Bertz CT molecular complexity index is 815. The third-order valence-corrected chi connectivity index (χ3v) is 3.93. The van der Waals surface area contributed by atoms with Crippen molar-refractivity contribution in [2.75, 3.05) is 4.90 Å². The van der Waals surface area contributed by atoms with E-state index in [9.17, 15) is 14.7 Å². The molecule has 0 fully saturated rings. The van der Waals surface area contributed by atoms with Crippen LogP contribution in [0.2, 0.25) is 10.0 Å². The van der Waals surface area contributed by atoms with Crippen molar-refractivity contribution >= 4 is 46.6 Å². The van der Waals surface area contributed by atoms with E-state index in [2.05, 4.69) is 0 Å². The maximum Gasteiger partial charge on any atom is 0.419 e. The Balaban J connectivity index is 2.68. The van der Waals surface area contributed by atoms with E-state index in [4.69, 9.17) is 27.9 Å². The molecule has 25 heavy (non-hydrogen) atoms. The van der Waals surface area contributed by atoms with E-state index < -0.39 is 17.7 Å². The predicted molar refractivity (Wildman–Crippen MR) is 98.2 cm³/mol. The van der Waals surface area contributed by atoms with Gasteiger partial charge >= 0.3 is 12.1 Å². The summed E-state index contributed by atoms with van der Waals surface area (Å²) in [6.45, 7) is 5.14. The molecule has 0 spiro atoms. The van der Waals surface area contributed by atoms with Gasteiger partial charge in [-0.25, -0.2) is 14.5 Å². The monoisotopic (exact) mass is 381 g/mol. The lowest BCUT2D eigenvalue weighted by Gasteiger charge is -2.29. The zero-order valence-corrected chi connectivity index (χ0v) is 15.4. The first-order chi connectivity index (χ1) is 11.6. The highest BCUT2D eigenvalue weighted by Gasteiger charge is 2.29. The highest BCUT2D eigenvalue weighted by atomic mass is 35.5. The summed E-state index contributed by atoms with van der Waals surface area (Å²) in [7, 11) is 0. The molecule has 0 heterocycles. The summed E-state index contributed by atoms with van der Waals surface area (Å²) in [4.78, 5) is 25.5. The first kappa shape index (κ1) is 19.1. The van der Waals surface area contributed by atoms with Crippen LogP contribution in [0.1, 0.15) is 31.1 Å². The number of anilines is 2. The van der Waals surface area contributed by atoms with Crippen LogP contribution in [0.25, 0.3) is 0 Å². The van der Waals surface area contributed by atoms with Crippen molar-refractivity contribution in [1.82, 2.24) is 0 Å². The summed E-state index contributed by atoms with van der Waals surface area (Å²) in [6, 6.07) is 10.8. The summed E-state index contributed by atoms with van der Waals surface area (Å²) in [5, 5.41) is 9.82. The van der Waals surface area contributed by atoms with E-state index >= 15 is 0 Å². The van der Waals surface area contributed by atoms with Crippen LogP contribution in [0.4, 0.5) is 16.2 Å². The lowest BCUT2D eigenvalue weighted by Crippen LogP contribution is -2.34.